The van der Waals surface area contributed by atoms with Crippen LogP contribution < -0.4 is 10.2 Å². The second-order valence-electron chi connectivity index (χ2n) is 6.17. The van der Waals surface area contributed by atoms with E-state index in [0.717, 1.165) is 41.5 Å². The van der Waals surface area contributed by atoms with Gasteiger partial charge in [0, 0.05) is 41.8 Å². The summed E-state index contributed by atoms with van der Waals surface area (Å²) >= 11 is 0. The summed E-state index contributed by atoms with van der Waals surface area (Å²) in [6.45, 7) is 10.4. The third-order valence-electron chi connectivity index (χ3n) is 4.50. The Labute approximate surface area is 153 Å². The Morgan fingerprint density at radius 3 is 2.42 bits per heavy atom. The molecule has 6 heteroatoms. The summed E-state index contributed by atoms with van der Waals surface area (Å²) in [6.07, 6.45) is 1.73. The van der Waals surface area contributed by atoms with E-state index >= 15 is 0 Å². The normalized spacial score (nSPS) is 10.8. The van der Waals surface area contributed by atoms with Crippen LogP contribution in [0.1, 0.15) is 25.1 Å². The Bertz CT molecular complexity index is 882. The highest BCUT2D eigenvalue weighted by Gasteiger charge is 2.17. The van der Waals surface area contributed by atoms with E-state index in [1.165, 1.54) is 17.7 Å². The minimum atomic E-state index is -0.271. The third kappa shape index (κ3) is 3.54. The number of nitrogens with zero attached hydrogens (tertiary/aromatic N) is 3. The molecule has 3 rings (SSSR count). The molecule has 2 N–H and O–H groups in total. The number of aromatic nitrogens is 3. The average Bonchev–Trinajstić information content (AvgIpc) is 2.93. The summed E-state index contributed by atoms with van der Waals surface area (Å²) in [7, 11) is 0. The molecular weight excluding hydrogens is 329 g/mol. The molecule has 0 bridgehead atoms. The maximum atomic E-state index is 13.1. The van der Waals surface area contributed by atoms with E-state index in [2.05, 4.69) is 52.9 Å². The van der Waals surface area contributed by atoms with Crippen molar-refractivity contribution in [3.8, 4) is 11.3 Å². The number of hydrogen-bond donors (Lipinski definition) is 2. The largest absolute Gasteiger partial charge is 0.358 e. The molecule has 26 heavy (non-hydrogen) atoms. The number of aromatic amines is 1. The lowest BCUT2D eigenvalue weighted by Crippen LogP contribution is -2.22. The quantitative estimate of drug-likeness (QED) is 0.667. The minimum Gasteiger partial charge on any atom is -0.358 e. The first-order valence-corrected chi connectivity index (χ1v) is 8.83. The Hall–Kier alpha value is -2.89. The molecule has 0 amide bonds. The summed E-state index contributed by atoms with van der Waals surface area (Å²) < 4.78 is 13.1. The lowest BCUT2D eigenvalue weighted by atomic mass is 10.1. The molecule has 0 spiro atoms. The molecule has 136 valence electrons. The van der Waals surface area contributed by atoms with Gasteiger partial charge in [-0.2, -0.15) is 0 Å². The van der Waals surface area contributed by atoms with E-state index in [4.69, 9.17) is 0 Å². The minimum absolute atomic E-state index is 0.271. The van der Waals surface area contributed by atoms with Gasteiger partial charge in [-0.3, -0.25) is 0 Å². The van der Waals surface area contributed by atoms with E-state index in [1.807, 2.05) is 6.07 Å². The predicted molar refractivity (Wildman–Crippen MR) is 105 cm³/mol. The van der Waals surface area contributed by atoms with Gasteiger partial charge >= 0.3 is 0 Å². The Morgan fingerprint density at radius 1 is 1.08 bits per heavy atom. The standard InChI is InChI=1S/C20H24FN5/c1-5-26(6-2)19-13(3)18(14(4)23-19)17-11-12-22-20(25-17)24-16-9-7-15(21)8-10-16/h7-12,23H,5-6H2,1-4H3,(H,22,24,25). The molecule has 0 radical (unpaired) electrons. The zero-order valence-corrected chi connectivity index (χ0v) is 15.6. The smallest absolute Gasteiger partial charge is 0.227 e. The van der Waals surface area contributed by atoms with Crippen LogP contribution in [0.25, 0.3) is 11.3 Å². The molecule has 0 fully saturated rings. The van der Waals surface area contributed by atoms with Crippen LogP contribution in [0.4, 0.5) is 21.8 Å². The van der Waals surface area contributed by atoms with E-state index in [9.17, 15) is 4.39 Å². The Morgan fingerprint density at radius 2 is 1.77 bits per heavy atom. The number of rotatable bonds is 6. The molecule has 0 aliphatic rings. The molecule has 0 aliphatic heterocycles. The van der Waals surface area contributed by atoms with Crippen molar-refractivity contribution in [2.45, 2.75) is 27.7 Å². The Kier molecular flexibility index (Phi) is 5.21. The van der Waals surface area contributed by atoms with Crippen molar-refractivity contribution in [1.82, 2.24) is 15.0 Å². The van der Waals surface area contributed by atoms with E-state index in [-0.39, 0.29) is 5.82 Å². The maximum absolute atomic E-state index is 13.1. The van der Waals surface area contributed by atoms with Crippen LogP contribution in [-0.2, 0) is 0 Å². The molecule has 0 aliphatic carbocycles. The topological polar surface area (TPSA) is 56.8 Å². The van der Waals surface area contributed by atoms with Crippen LogP contribution in [0.5, 0.6) is 0 Å². The van der Waals surface area contributed by atoms with Gasteiger partial charge in [-0.15, -0.1) is 0 Å². The molecule has 0 saturated carbocycles. The number of aryl methyl sites for hydroxylation is 1. The first kappa shape index (κ1) is 17.9. The third-order valence-corrected chi connectivity index (χ3v) is 4.50. The van der Waals surface area contributed by atoms with Gasteiger partial charge < -0.3 is 15.2 Å². The van der Waals surface area contributed by atoms with Crippen molar-refractivity contribution >= 4 is 17.5 Å². The second-order valence-corrected chi connectivity index (χ2v) is 6.17. The highest BCUT2D eigenvalue weighted by atomic mass is 19.1. The van der Waals surface area contributed by atoms with Crippen LogP contribution >= 0.6 is 0 Å². The van der Waals surface area contributed by atoms with Crippen LogP contribution in [0, 0.1) is 19.7 Å². The van der Waals surface area contributed by atoms with Gasteiger partial charge in [0.15, 0.2) is 0 Å². The van der Waals surface area contributed by atoms with Crippen molar-refractivity contribution in [2.75, 3.05) is 23.3 Å². The summed E-state index contributed by atoms with van der Waals surface area (Å²) in [4.78, 5) is 14.7. The number of halogens is 1. The summed E-state index contributed by atoms with van der Waals surface area (Å²) in [6, 6.07) is 8.05. The zero-order chi connectivity index (χ0) is 18.7. The summed E-state index contributed by atoms with van der Waals surface area (Å²) in [5, 5.41) is 3.12. The second kappa shape index (κ2) is 7.56. The van der Waals surface area contributed by atoms with Crippen molar-refractivity contribution in [3.63, 3.8) is 0 Å². The lowest BCUT2D eigenvalue weighted by Gasteiger charge is -2.20. The summed E-state index contributed by atoms with van der Waals surface area (Å²) in [5.74, 6) is 1.35. The van der Waals surface area contributed by atoms with Crippen molar-refractivity contribution < 1.29 is 4.39 Å². The van der Waals surface area contributed by atoms with Crippen molar-refractivity contribution in [2.24, 2.45) is 0 Å². The first-order valence-electron chi connectivity index (χ1n) is 8.83. The monoisotopic (exact) mass is 353 g/mol. The van der Waals surface area contributed by atoms with Gasteiger partial charge in [0.25, 0.3) is 0 Å². The highest BCUT2D eigenvalue weighted by Crippen LogP contribution is 2.33. The number of nitrogens with one attached hydrogen (secondary N) is 2. The maximum Gasteiger partial charge on any atom is 0.227 e. The van der Waals surface area contributed by atoms with Gasteiger partial charge in [-0.05, 0) is 58.0 Å². The van der Waals surface area contributed by atoms with Crippen molar-refractivity contribution in [3.05, 3.63) is 53.6 Å². The number of benzene rings is 1. The molecule has 5 nitrogen and oxygen atoms in total. The van der Waals surface area contributed by atoms with E-state index < -0.39 is 0 Å². The van der Waals surface area contributed by atoms with E-state index in [0.29, 0.717) is 5.95 Å². The fourth-order valence-electron chi connectivity index (χ4n) is 3.19. The van der Waals surface area contributed by atoms with Crippen molar-refractivity contribution in [1.29, 1.82) is 0 Å². The predicted octanol–water partition coefficient (Wildman–Crippen LogP) is 4.82. The Balaban J connectivity index is 1.94. The van der Waals surface area contributed by atoms with Crippen LogP contribution in [-0.4, -0.2) is 28.0 Å². The number of anilines is 3. The summed E-state index contributed by atoms with van der Waals surface area (Å²) in [5.41, 5.74) is 4.95. The molecule has 0 atom stereocenters. The fraction of sp³-hybridized carbons (Fsp3) is 0.300. The highest BCUT2D eigenvalue weighted by molar-refractivity contribution is 5.74. The van der Waals surface area contributed by atoms with E-state index in [1.54, 1.807) is 18.3 Å². The lowest BCUT2D eigenvalue weighted by molar-refractivity contribution is 0.628. The van der Waals surface area contributed by atoms with Crippen LogP contribution in [0.15, 0.2) is 36.5 Å². The van der Waals surface area contributed by atoms with Gasteiger partial charge in [0.1, 0.15) is 11.6 Å². The average molecular weight is 353 g/mol. The van der Waals surface area contributed by atoms with Gasteiger partial charge in [0.05, 0.1) is 5.69 Å². The SMILES string of the molecule is CCN(CC)c1[nH]c(C)c(-c2ccnc(Nc3ccc(F)cc3)n2)c1C. The number of H-pyrrole nitrogens is 1. The molecule has 3 aromatic rings. The number of hydrogen-bond acceptors (Lipinski definition) is 4. The molecule has 2 heterocycles. The van der Waals surface area contributed by atoms with Crippen LogP contribution in [0.3, 0.4) is 0 Å². The molecule has 0 unspecified atom stereocenters. The first-order chi connectivity index (χ1) is 12.5. The van der Waals surface area contributed by atoms with Gasteiger partial charge in [-0.1, -0.05) is 0 Å². The van der Waals surface area contributed by atoms with Crippen LogP contribution in [0.2, 0.25) is 0 Å². The molecule has 0 saturated heterocycles. The van der Waals surface area contributed by atoms with Gasteiger partial charge in [0.2, 0.25) is 5.95 Å². The molecule has 1 aromatic carbocycles. The molecule has 2 aromatic heterocycles. The zero-order valence-electron chi connectivity index (χ0n) is 15.6. The molecular formula is C20H24FN5. The van der Waals surface area contributed by atoms with Gasteiger partial charge in [-0.25, -0.2) is 14.4 Å². The fourth-order valence-corrected chi connectivity index (χ4v) is 3.19.